The van der Waals surface area contributed by atoms with Gasteiger partial charge < -0.3 is 9.52 Å². The summed E-state index contributed by atoms with van der Waals surface area (Å²) in [6.45, 7) is 5.95. The predicted octanol–water partition coefficient (Wildman–Crippen LogP) is 3.44. The Bertz CT molecular complexity index is 471. The average Bonchev–Trinajstić information content (AvgIpc) is 2.74. The molecule has 0 saturated heterocycles. The van der Waals surface area contributed by atoms with Crippen LogP contribution < -0.4 is 5.32 Å². The van der Waals surface area contributed by atoms with E-state index in [2.05, 4.69) is 5.32 Å². The quantitative estimate of drug-likeness (QED) is 0.871. The molecule has 4 nitrogen and oxygen atoms in total. The fourth-order valence-corrected chi connectivity index (χ4v) is 4.30. The van der Waals surface area contributed by atoms with Gasteiger partial charge in [0.2, 0.25) is 0 Å². The standard InChI is InChI=1S/C15H23NO3S/c1-10(2)16-15(14(17)18)7-4-5-12(9-15)20-13-6-8-19-11(13)3/h6,8,10,12,16H,4-5,7,9H2,1-3H3,(H,17,18). The van der Waals surface area contributed by atoms with Crippen molar-refractivity contribution < 1.29 is 14.3 Å². The van der Waals surface area contributed by atoms with E-state index in [9.17, 15) is 9.90 Å². The largest absolute Gasteiger partial charge is 0.480 e. The molecule has 1 aromatic rings. The average molecular weight is 297 g/mol. The van der Waals surface area contributed by atoms with Gasteiger partial charge in [-0.1, -0.05) is 0 Å². The van der Waals surface area contributed by atoms with E-state index >= 15 is 0 Å². The van der Waals surface area contributed by atoms with E-state index in [1.54, 1.807) is 18.0 Å². The van der Waals surface area contributed by atoms with E-state index in [0.29, 0.717) is 18.1 Å². The number of hydrogen-bond donors (Lipinski definition) is 2. The van der Waals surface area contributed by atoms with Gasteiger partial charge >= 0.3 is 5.97 Å². The smallest absolute Gasteiger partial charge is 0.323 e. The van der Waals surface area contributed by atoms with Gasteiger partial charge in [-0.3, -0.25) is 10.1 Å². The van der Waals surface area contributed by atoms with Crippen LogP contribution in [0.4, 0.5) is 0 Å². The van der Waals surface area contributed by atoms with Gasteiger partial charge in [-0.05, 0) is 52.5 Å². The Morgan fingerprint density at radius 3 is 2.90 bits per heavy atom. The minimum absolute atomic E-state index is 0.172. The van der Waals surface area contributed by atoms with Gasteiger partial charge in [0.25, 0.3) is 0 Å². The Balaban J connectivity index is 2.09. The lowest BCUT2D eigenvalue weighted by Crippen LogP contribution is -2.57. The summed E-state index contributed by atoms with van der Waals surface area (Å²) in [6.07, 6.45) is 5.07. The fraction of sp³-hybridized carbons (Fsp3) is 0.667. The minimum Gasteiger partial charge on any atom is -0.480 e. The molecule has 112 valence electrons. The van der Waals surface area contributed by atoms with Crippen molar-refractivity contribution in [3.8, 4) is 0 Å². The van der Waals surface area contributed by atoms with Crippen LogP contribution in [0.15, 0.2) is 21.6 Å². The van der Waals surface area contributed by atoms with E-state index in [4.69, 9.17) is 4.42 Å². The van der Waals surface area contributed by atoms with Crippen LogP contribution >= 0.6 is 11.8 Å². The van der Waals surface area contributed by atoms with Crippen LogP contribution in [0.2, 0.25) is 0 Å². The van der Waals surface area contributed by atoms with Gasteiger partial charge in [-0.25, -0.2) is 0 Å². The van der Waals surface area contributed by atoms with Crippen LogP contribution in [0, 0.1) is 6.92 Å². The molecule has 1 heterocycles. The van der Waals surface area contributed by atoms with Crippen molar-refractivity contribution in [3.05, 3.63) is 18.1 Å². The third-order valence-corrected chi connectivity index (χ3v) is 5.20. The summed E-state index contributed by atoms with van der Waals surface area (Å²) in [7, 11) is 0. The number of aliphatic carboxylic acids is 1. The fourth-order valence-electron chi connectivity index (χ4n) is 2.94. The van der Waals surface area contributed by atoms with E-state index in [1.165, 1.54) is 0 Å². The van der Waals surface area contributed by atoms with Crippen molar-refractivity contribution in [3.63, 3.8) is 0 Å². The first kappa shape index (κ1) is 15.4. The third-order valence-electron chi connectivity index (χ3n) is 3.78. The van der Waals surface area contributed by atoms with Gasteiger partial charge in [0.05, 0.1) is 6.26 Å². The number of furan rings is 1. The number of rotatable bonds is 5. The zero-order chi connectivity index (χ0) is 14.8. The van der Waals surface area contributed by atoms with Crippen molar-refractivity contribution in [1.82, 2.24) is 5.32 Å². The van der Waals surface area contributed by atoms with Crippen LogP contribution in [-0.2, 0) is 4.79 Å². The number of carboxylic acids is 1. The van der Waals surface area contributed by atoms with Crippen molar-refractivity contribution in [2.75, 3.05) is 0 Å². The van der Waals surface area contributed by atoms with E-state index in [0.717, 1.165) is 23.5 Å². The first-order valence-corrected chi connectivity index (χ1v) is 8.03. The number of carboxylic acid groups (broad SMARTS) is 1. The zero-order valence-electron chi connectivity index (χ0n) is 12.3. The maximum atomic E-state index is 11.7. The highest BCUT2D eigenvalue weighted by Crippen LogP contribution is 2.40. The zero-order valence-corrected chi connectivity index (χ0v) is 13.1. The minimum atomic E-state index is -0.776. The first-order valence-electron chi connectivity index (χ1n) is 7.15. The molecule has 0 bridgehead atoms. The highest BCUT2D eigenvalue weighted by molar-refractivity contribution is 8.00. The van der Waals surface area contributed by atoms with Gasteiger partial charge in [0.1, 0.15) is 11.3 Å². The van der Waals surface area contributed by atoms with Crippen molar-refractivity contribution in [2.24, 2.45) is 0 Å². The summed E-state index contributed by atoms with van der Waals surface area (Å²) in [5, 5.41) is 13.3. The molecule has 5 heteroatoms. The molecule has 0 amide bonds. The third kappa shape index (κ3) is 3.38. The lowest BCUT2D eigenvalue weighted by atomic mass is 9.81. The predicted molar refractivity (Wildman–Crippen MR) is 80.2 cm³/mol. The summed E-state index contributed by atoms with van der Waals surface area (Å²) in [6, 6.07) is 2.14. The molecule has 1 fully saturated rings. The van der Waals surface area contributed by atoms with Gasteiger partial charge in [-0.15, -0.1) is 11.8 Å². The summed E-state index contributed by atoms with van der Waals surface area (Å²) in [4.78, 5) is 12.9. The maximum Gasteiger partial charge on any atom is 0.323 e. The van der Waals surface area contributed by atoms with Gasteiger partial charge in [0.15, 0.2) is 0 Å². The molecule has 2 N–H and O–H groups in total. The Labute approximate surface area is 124 Å². The summed E-state index contributed by atoms with van der Waals surface area (Å²) >= 11 is 1.75. The van der Waals surface area contributed by atoms with Crippen molar-refractivity contribution in [2.45, 2.75) is 68.2 Å². The van der Waals surface area contributed by atoms with Crippen LogP contribution in [0.5, 0.6) is 0 Å². The van der Waals surface area contributed by atoms with Crippen LogP contribution in [0.1, 0.15) is 45.3 Å². The maximum absolute atomic E-state index is 11.7. The molecule has 0 aliphatic heterocycles. The molecule has 0 spiro atoms. The first-order chi connectivity index (χ1) is 9.43. The molecular weight excluding hydrogens is 274 g/mol. The Morgan fingerprint density at radius 1 is 1.60 bits per heavy atom. The molecule has 1 aromatic heterocycles. The van der Waals surface area contributed by atoms with Gasteiger partial charge in [-0.2, -0.15) is 0 Å². The number of hydrogen-bond acceptors (Lipinski definition) is 4. The van der Waals surface area contributed by atoms with Crippen LogP contribution in [-0.4, -0.2) is 27.9 Å². The number of aryl methyl sites for hydroxylation is 1. The molecule has 2 rings (SSSR count). The molecule has 0 radical (unpaired) electrons. The molecular formula is C15H23NO3S. The number of thioether (sulfide) groups is 1. The lowest BCUT2D eigenvalue weighted by Gasteiger charge is -2.39. The number of nitrogens with one attached hydrogen (secondary N) is 1. The molecule has 0 aromatic carbocycles. The second-order valence-corrected chi connectivity index (χ2v) is 7.21. The van der Waals surface area contributed by atoms with Crippen molar-refractivity contribution >= 4 is 17.7 Å². The van der Waals surface area contributed by atoms with Crippen molar-refractivity contribution in [1.29, 1.82) is 0 Å². The normalized spacial score (nSPS) is 26.9. The van der Waals surface area contributed by atoms with E-state index in [-0.39, 0.29) is 6.04 Å². The summed E-state index contributed by atoms with van der Waals surface area (Å²) in [5.74, 6) is 0.193. The van der Waals surface area contributed by atoms with Crippen LogP contribution in [0.25, 0.3) is 0 Å². The van der Waals surface area contributed by atoms with Gasteiger partial charge in [0, 0.05) is 16.2 Å². The molecule has 2 atom stereocenters. The Hall–Kier alpha value is -0.940. The van der Waals surface area contributed by atoms with E-state index < -0.39 is 11.5 Å². The second-order valence-electron chi connectivity index (χ2n) is 5.86. The molecule has 1 aliphatic carbocycles. The van der Waals surface area contributed by atoms with E-state index in [1.807, 2.05) is 26.8 Å². The Kier molecular flexibility index (Phi) is 4.81. The highest BCUT2D eigenvalue weighted by atomic mass is 32.2. The lowest BCUT2D eigenvalue weighted by molar-refractivity contribution is -0.146. The summed E-state index contributed by atoms with van der Waals surface area (Å²) < 4.78 is 5.32. The Morgan fingerprint density at radius 2 is 2.35 bits per heavy atom. The second kappa shape index (κ2) is 6.22. The molecule has 1 saturated carbocycles. The molecule has 1 aliphatic rings. The SMILES string of the molecule is Cc1occc1SC1CCCC(NC(C)C)(C(=O)O)C1. The monoisotopic (exact) mass is 297 g/mol. The topological polar surface area (TPSA) is 62.5 Å². The molecule has 20 heavy (non-hydrogen) atoms. The summed E-state index contributed by atoms with van der Waals surface area (Å²) in [5.41, 5.74) is -0.776. The number of carbonyl (C=O) groups is 1. The highest BCUT2D eigenvalue weighted by Gasteiger charge is 2.43. The molecule has 2 unspecified atom stereocenters. The van der Waals surface area contributed by atoms with Crippen LogP contribution in [0.3, 0.4) is 0 Å².